The van der Waals surface area contributed by atoms with Gasteiger partial charge in [-0.25, -0.2) is 13.6 Å². The van der Waals surface area contributed by atoms with Crippen LogP contribution < -0.4 is 0 Å². The number of hydrogen-bond acceptors (Lipinski definition) is 1. The van der Waals surface area contributed by atoms with Crippen LogP contribution in [-0.4, -0.2) is 17.5 Å². The molecule has 0 rings (SSSR count). The largest absolute Gasteiger partial charge is 0.476 e. The number of hydrogen-bond donors (Lipinski definition) is 1. The van der Waals surface area contributed by atoms with Crippen molar-refractivity contribution in [3.8, 4) is 0 Å². The maximum atomic E-state index is 11.6. The van der Waals surface area contributed by atoms with Crippen LogP contribution in [0.15, 0.2) is 11.9 Å². The fraction of sp³-hybridized carbons (Fsp3) is 0.250. The van der Waals surface area contributed by atoms with Crippen LogP contribution in [-0.2, 0) is 4.79 Å². The molecule has 52 valence electrons. The Hall–Kier alpha value is -1.00. The van der Waals surface area contributed by atoms with Crippen LogP contribution in [0.25, 0.3) is 0 Å². The summed E-state index contributed by atoms with van der Waals surface area (Å²) in [7, 11) is 0. The van der Waals surface area contributed by atoms with Crippen molar-refractivity contribution in [3.63, 3.8) is 0 Å². The van der Waals surface area contributed by atoms with Crippen LogP contribution in [0.5, 0.6) is 0 Å². The Labute approximate surface area is 48.6 Å². The first-order valence-electron chi connectivity index (χ1n) is 1.93. The van der Waals surface area contributed by atoms with Crippen molar-refractivity contribution < 1.29 is 23.1 Å². The molecule has 9 heavy (non-hydrogen) atoms. The van der Waals surface area contributed by atoms with E-state index < -0.39 is 18.2 Å². The molecule has 0 aromatic heterocycles. The Kier molecular flexibility index (Phi) is 2.77. The minimum Gasteiger partial charge on any atom is -0.476 e. The van der Waals surface area contributed by atoms with Gasteiger partial charge in [-0.15, -0.1) is 0 Å². The molecule has 0 aromatic rings. The lowest BCUT2D eigenvalue weighted by molar-refractivity contribution is -0.134. The summed E-state index contributed by atoms with van der Waals surface area (Å²) in [5.41, 5.74) is 0. The third kappa shape index (κ3) is 3.57. The summed E-state index contributed by atoms with van der Waals surface area (Å²) in [6.07, 6.45) is -3.33. The predicted molar refractivity (Wildman–Crippen MR) is 22.8 cm³/mol. The zero-order chi connectivity index (χ0) is 7.44. The molecule has 0 fully saturated rings. The molecule has 0 spiro atoms. The fourth-order valence-electron chi connectivity index (χ4n) is 0.182. The lowest BCUT2D eigenvalue weighted by Crippen LogP contribution is -1.97. The standard InChI is InChI=1S/C4H3F3O2/c5-2(4(8)9)1-3(6)7/h1,3H,(H,8,9). The minimum absolute atomic E-state index is 0.275. The molecule has 2 nitrogen and oxygen atoms in total. The van der Waals surface area contributed by atoms with E-state index in [9.17, 15) is 18.0 Å². The van der Waals surface area contributed by atoms with Crippen LogP contribution in [0, 0.1) is 0 Å². The van der Waals surface area contributed by atoms with Gasteiger partial charge in [0.2, 0.25) is 5.83 Å². The van der Waals surface area contributed by atoms with E-state index >= 15 is 0 Å². The zero-order valence-corrected chi connectivity index (χ0v) is 4.14. The van der Waals surface area contributed by atoms with Crippen molar-refractivity contribution in [2.75, 3.05) is 0 Å². The molecule has 0 aliphatic rings. The summed E-state index contributed by atoms with van der Waals surface area (Å²) >= 11 is 0. The Morgan fingerprint density at radius 1 is 1.56 bits per heavy atom. The van der Waals surface area contributed by atoms with Crippen molar-refractivity contribution in [1.82, 2.24) is 0 Å². The van der Waals surface area contributed by atoms with Crippen molar-refractivity contribution in [2.24, 2.45) is 0 Å². The molecular formula is C4H3F3O2. The number of carbonyl (C=O) groups is 1. The van der Waals surface area contributed by atoms with Gasteiger partial charge in [-0.3, -0.25) is 0 Å². The quantitative estimate of drug-likeness (QED) is 0.585. The van der Waals surface area contributed by atoms with E-state index in [4.69, 9.17) is 5.11 Å². The number of carboxylic acids is 1. The normalized spacial score (nSPS) is 12.2. The summed E-state index contributed by atoms with van der Waals surface area (Å²) in [4.78, 5) is 9.46. The number of carboxylic acid groups (broad SMARTS) is 1. The van der Waals surface area contributed by atoms with E-state index in [1.807, 2.05) is 0 Å². The van der Waals surface area contributed by atoms with E-state index in [-0.39, 0.29) is 6.08 Å². The van der Waals surface area contributed by atoms with Crippen molar-refractivity contribution in [2.45, 2.75) is 6.43 Å². The van der Waals surface area contributed by atoms with Gasteiger partial charge in [0.25, 0.3) is 6.43 Å². The number of alkyl halides is 2. The van der Waals surface area contributed by atoms with E-state index in [0.29, 0.717) is 0 Å². The van der Waals surface area contributed by atoms with Crippen LogP contribution in [0.1, 0.15) is 0 Å². The first kappa shape index (κ1) is 8.00. The van der Waals surface area contributed by atoms with Crippen LogP contribution in [0.2, 0.25) is 0 Å². The highest BCUT2D eigenvalue weighted by Gasteiger charge is 2.08. The molecule has 0 saturated heterocycles. The summed E-state index contributed by atoms with van der Waals surface area (Å²) in [6.45, 7) is 0. The van der Waals surface area contributed by atoms with Crippen molar-refractivity contribution >= 4 is 5.97 Å². The molecule has 0 saturated carbocycles. The first-order chi connectivity index (χ1) is 4.04. The molecule has 0 aliphatic heterocycles. The number of rotatable bonds is 2. The Morgan fingerprint density at radius 3 is 2.11 bits per heavy atom. The Balaban J connectivity index is 4.00. The molecule has 0 heterocycles. The summed E-state index contributed by atoms with van der Waals surface area (Å²) in [6, 6.07) is 0. The van der Waals surface area contributed by atoms with Crippen molar-refractivity contribution in [1.29, 1.82) is 0 Å². The van der Waals surface area contributed by atoms with E-state index in [0.717, 1.165) is 0 Å². The van der Waals surface area contributed by atoms with E-state index in [2.05, 4.69) is 0 Å². The van der Waals surface area contributed by atoms with Gasteiger partial charge in [0.1, 0.15) is 0 Å². The molecule has 0 unspecified atom stereocenters. The van der Waals surface area contributed by atoms with Crippen LogP contribution in [0.4, 0.5) is 13.2 Å². The molecule has 0 aromatic carbocycles. The van der Waals surface area contributed by atoms with Gasteiger partial charge >= 0.3 is 5.97 Å². The van der Waals surface area contributed by atoms with E-state index in [1.165, 1.54) is 0 Å². The highest BCUT2D eigenvalue weighted by Crippen LogP contribution is 2.02. The van der Waals surface area contributed by atoms with Gasteiger partial charge in [0.05, 0.1) is 0 Å². The second-order valence-electron chi connectivity index (χ2n) is 1.15. The minimum atomic E-state index is -3.05. The second kappa shape index (κ2) is 3.11. The molecule has 0 aliphatic carbocycles. The van der Waals surface area contributed by atoms with Gasteiger partial charge in [0, 0.05) is 6.08 Å². The topological polar surface area (TPSA) is 37.3 Å². The summed E-state index contributed by atoms with van der Waals surface area (Å²) < 4.78 is 33.7. The van der Waals surface area contributed by atoms with Crippen LogP contribution >= 0.6 is 0 Å². The Morgan fingerprint density at radius 2 is 2.00 bits per heavy atom. The van der Waals surface area contributed by atoms with Crippen molar-refractivity contribution in [3.05, 3.63) is 11.9 Å². The van der Waals surface area contributed by atoms with Gasteiger partial charge in [0.15, 0.2) is 0 Å². The fourth-order valence-corrected chi connectivity index (χ4v) is 0.182. The molecule has 1 N–H and O–H groups in total. The highest BCUT2D eigenvalue weighted by molar-refractivity contribution is 5.83. The van der Waals surface area contributed by atoms with Gasteiger partial charge in [-0.2, -0.15) is 4.39 Å². The molecule has 0 radical (unpaired) electrons. The number of allylic oxidation sites excluding steroid dienone is 1. The average molecular weight is 140 g/mol. The third-order valence-corrected chi connectivity index (χ3v) is 0.477. The monoisotopic (exact) mass is 140 g/mol. The second-order valence-corrected chi connectivity index (χ2v) is 1.15. The molecule has 0 amide bonds. The van der Waals surface area contributed by atoms with Gasteiger partial charge < -0.3 is 5.11 Å². The number of halogens is 3. The predicted octanol–water partition coefficient (Wildman–Crippen LogP) is 1.19. The van der Waals surface area contributed by atoms with Gasteiger partial charge in [-0.1, -0.05) is 0 Å². The molecule has 0 bridgehead atoms. The first-order valence-corrected chi connectivity index (χ1v) is 1.93. The molecule has 0 atom stereocenters. The lowest BCUT2D eigenvalue weighted by Gasteiger charge is -1.86. The molecule has 5 heteroatoms. The van der Waals surface area contributed by atoms with Gasteiger partial charge in [-0.05, 0) is 0 Å². The summed E-state index contributed by atoms with van der Waals surface area (Å²) in [5, 5.41) is 7.65. The lowest BCUT2D eigenvalue weighted by atomic mass is 10.5. The molecular weight excluding hydrogens is 137 g/mol. The number of aliphatic carboxylic acids is 1. The smallest absolute Gasteiger partial charge is 0.364 e. The third-order valence-electron chi connectivity index (χ3n) is 0.477. The highest BCUT2D eigenvalue weighted by atomic mass is 19.3. The maximum absolute atomic E-state index is 11.6. The maximum Gasteiger partial charge on any atom is 0.364 e. The summed E-state index contributed by atoms with van der Waals surface area (Å²) in [5.74, 6) is -3.81. The van der Waals surface area contributed by atoms with E-state index in [1.54, 1.807) is 0 Å². The SMILES string of the molecule is O=C(O)C(F)=CC(F)F. The average Bonchev–Trinajstić information content (AvgIpc) is 1.63. The Bertz CT molecular complexity index is 141. The van der Waals surface area contributed by atoms with Crippen LogP contribution in [0.3, 0.4) is 0 Å². The zero-order valence-electron chi connectivity index (χ0n) is 4.14.